The molecule has 0 saturated heterocycles. The fraction of sp³-hybridized carbons (Fsp3) is 0.364. The Morgan fingerprint density at radius 2 is 1.66 bits per heavy atom. The van der Waals surface area contributed by atoms with Crippen LogP contribution in [-0.2, 0) is 26.2 Å². The molecular weight excluding hydrogens is 519 g/mol. The molecule has 0 radical (unpaired) electrons. The Bertz CT molecular complexity index is 1200. The fourth-order valence-electron chi connectivity index (χ4n) is 3.22. The van der Waals surface area contributed by atoms with E-state index < -0.39 is 39.3 Å². The molecular formula is C22H26Cl2N4O6S. The molecule has 190 valence electrons. The average molecular weight is 545 g/mol. The summed E-state index contributed by atoms with van der Waals surface area (Å²) in [5, 5.41) is 14.4. The minimum Gasteiger partial charge on any atom is -0.352 e. The van der Waals surface area contributed by atoms with Gasteiger partial charge in [0.05, 0.1) is 16.9 Å². The molecule has 0 aliphatic rings. The fourth-order valence-corrected chi connectivity index (χ4v) is 4.58. The summed E-state index contributed by atoms with van der Waals surface area (Å²) in [5.41, 5.74) is -0.0207. The Morgan fingerprint density at radius 1 is 1.09 bits per heavy atom. The van der Waals surface area contributed by atoms with E-state index in [0.717, 1.165) is 16.6 Å². The molecule has 35 heavy (non-hydrogen) atoms. The number of hydrogen-bond acceptors (Lipinski definition) is 6. The maximum absolute atomic E-state index is 13.5. The first kappa shape index (κ1) is 28.3. The number of anilines is 1. The number of hydrogen-bond donors (Lipinski definition) is 1. The van der Waals surface area contributed by atoms with Crippen LogP contribution in [0, 0.1) is 10.1 Å². The molecule has 2 aromatic carbocycles. The molecule has 2 rings (SSSR count). The van der Waals surface area contributed by atoms with Gasteiger partial charge in [-0.25, -0.2) is 8.42 Å². The van der Waals surface area contributed by atoms with E-state index in [4.69, 9.17) is 23.2 Å². The Hall–Kier alpha value is -2.89. The van der Waals surface area contributed by atoms with Gasteiger partial charge in [0.2, 0.25) is 21.8 Å². The highest BCUT2D eigenvalue weighted by Crippen LogP contribution is 2.28. The maximum Gasteiger partial charge on any atom is 0.271 e. The van der Waals surface area contributed by atoms with Crippen LogP contribution in [0.4, 0.5) is 11.4 Å². The van der Waals surface area contributed by atoms with Crippen molar-refractivity contribution in [1.82, 2.24) is 10.2 Å². The average Bonchev–Trinajstić information content (AvgIpc) is 2.75. The molecule has 13 heteroatoms. The largest absolute Gasteiger partial charge is 0.352 e. The van der Waals surface area contributed by atoms with Crippen LogP contribution >= 0.6 is 23.2 Å². The summed E-state index contributed by atoms with van der Waals surface area (Å²) in [4.78, 5) is 37.9. The first-order valence-corrected chi connectivity index (χ1v) is 13.1. The smallest absolute Gasteiger partial charge is 0.271 e. The van der Waals surface area contributed by atoms with Crippen LogP contribution < -0.4 is 9.62 Å². The number of nitrogens with zero attached hydrogens (tertiary/aromatic N) is 3. The Balaban J connectivity index is 2.49. The molecule has 1 unspecified atom stereocenters. The zero-order chi connectivity index (χ0) is 26.5. The van der Waals surface area contributed by atoms with E-state index in [1.807, 2.05) is 0 Å². The number of benzene rings is 2. The molecule has 10 nitrogen and oxygen atoms in total. The van der Waals surface area contributed by atoms with Gasteiger partial charge in [-0.2, -0.15) is 0 Å². The highest BCUT2D eigenvalue weighted by atomic mass is 35.5. The van der Waals surface area contributed by atoms with Gasteiger partial charge in [-0.05, 0) is 39.0 Å². The van der Waals surface area contributed by atoms with Gasteiger partial charge in [0, 0.05) is 40.3 Å². The molecule has 0 aliphatic heterocycles. The molecule has 2 aromatic rings. The lowest BCUT2D eigenvalue weighted by atomic mass is 10.1. The van der Waals surface area contributed by atoms with Gasteiger partial charge in [0.25, 0.3) is 5.69 Å². The highest BCUT2D eigenvalue weighted by molar-refractivity contribution is 7.92. The van der Waals surface area contributed by atoms with Crippen molar-refractivity contribution in [3.05, 3.63) is 68.2 Å². The molecule has 1 atom stereocenters. The normalized spacial score (nSPS) is 12.2. The first-order valence-electron chi connectivity index (χ1n) is 10.5. The number of halogens is 2. The summed E-state index contributed by atoms with van der Waals surface area (Å²) in [6, 6.07) is 8.48. The molecule has 2 amide bonds. The molecule has 0 aromatic heterocycles. The molecule has 0 saturated carbocycles. The third-order valence-electron chi connectivity index (χ3n) is 5.00. The second-order valence-corrected chi connectivity index (χ2v) is 10.8. The van der Waals surface area contributed by atoms with Crippen LogP contribution in [0.25, 0.3) is 0 Å². The van der Waals surface area contributed by atoms with E-state index in [-0.39, 0.29) is 34.0 Å². The van der Waals surface area contributed by atoms with Crippen LogP contribution in [0.15, 0.2) is 42.5 Å². The Kier molecular flexibility index (Phi) is 9.47. The zero-order valence-electron chi connectivity index (χ0n) is 19.6. The number of carbonyl (C=O) groups excluding carboxylic acids is 2. The number of carbonyl (C=O) groups is 2. The predicted octanol–water partition coefficient (Wildman–Crippen LogP) is 3.61. The highest BCUT2D eigenvalue weighted by Gasteiger charge is 2.31. The topological polar surface area (TPSA) is 130 Å². The number of non-ortho nitro benzene ring substituents is 1. The lowest BCUT2D eigenvalue weighted by Gasteiger charge is -2.32. The third kappa shape index (κ3) is 7.55. The van der Waals surface area contributed by atoms with Crippen molar-refractivity contribution in [2.45, 2.75) is 39.4 Å². The molecule has 0 aliphatic carbocycles. The van der Waals surface area contributed by atoms with E-state index in [0.29, 0.717) is 5.56 Å². The van der Waals surface area contributed by atoms with E-state index in [2.05, 4.69) is 5.32 Å². The summed E-state index contributed by atoms with van der Waals surface area (Å²) in [6.45, 7) is 4.14. The standard InChI is InChI=1S/C22H26Cl2N4O6S/c1-14(2)25-22(30)15(3)26(12-18-19(23)9-6-10-20(18)24)21(29)13-27(35(4,33)34)16-7-5-8-17(11-16)28(31)32/h5-11,14-15H,12-13H2,1-4H3,(H,25,30). The number of nitrogens with one attached hydrogen (secondary N) is 1. The van der Waals surface area contributed by atoms with Crippen molar-refractivity contribution in [1.29, 1.82) is 0 Å². The number of nitro benzene ring substituents is 1. The van der Waals surface area contributed by atoms with E-state index in [9.17, 15) is 28.1 Å². The number of sulfonamides is 1. The Labute approximate surface area is 214 Å². The minimum absolute atomic E-state index is 0.0648. The van der Waals surface area contributed by atoms with Crippen molar-refractivity contribution in [2.24, 2.45) is 0 Å². The van der Waals surface area contributed by atoms with Crippen molar-refractivity contribution >= 4 is 56.4 Å². The Morgan fingerprint density at radius 3 is 2.17 bits per heavy atom. The first-order chi connectivity index (χ1) is 16.2. The minimum atomic E-state index is -4.03. The van der Waals surface area contributed by atoms with Crippen molar-refractivity contribution in [2.75, 3.05) is 17.1 Å². The van der Waals surface area contributed by atoms with Crippen LogP contribution in [0.5, 0.6) is 0 Å². The summed E-state index contributed by atoms with van der Waals surface area (Å²) in [5.74, 6) is -1.19. The lowest BCUT2D eigenvalue weighted by Crippen LogP contribution is -2.52. The number of amides is 2. The van der Waals surface area contributed by atoms with Gasteiger partial charge in [-0.3, -0.25) is 24.0 Å². The van der Waals surface area contributed by atoms with E-state index in [1.54, 1.807) is 32.0 Å². The number of rotatable bonds is 10. The van der Waals surface area contributed by atoms with Gasteiger partial charge in [-0.15, -0.1) is 0 Å². The summed E-state index contributed by atoms with van der Waals surface area (Å²) in [6.07, 6.45) is 0.878. The van der Waals surface area contributed by atoms with Gasteiger partial charge >= 0.3 is 0 Å². The van der Waals surface area contributed by atoms with E-state index in [1.165, 1.54) is 30.0 Å². The van der Waals surface area contributed by atoms with Crippen LogP contribution in [0.3, 0.4) is 0 Å². The van der Waals surface area contributed by atoms with E-state index >= 15 is 0 Å². The number of nitro groups is 1. The zero-order valence-corrected chi connectivity index (χ0v) is 21.9. The molecule has 0 spiro atoms. The molecule has 0 fully saturated rings. The predicted molar refractivity (Wildman–Crippen MR) is 135 cm³/mol. The third-order valence-corrected chi connectivity index (χ3v) is 6.84. The van der Waals surface area contributed by atoms with Crippen LogP contribution in [0.1, 0.15) is 26.3 Å². The van der Waals surface area contributed by atoms with Crippen molar-refractivity contribution in [3.63, 3.8) is 0 Å². The summed E-state index contributed by atoms with van der Waals surface area (Å²) in [7, 11) is -4.03. The summed E-state index contributed by atoms with van der Waals surface area (Å²) >= 11 is 12.6. The SMILES string of the molecule is CC(C)NC(=O)C(C)N(Cc1c(Cl)cccc1Cl)C(=O)CN(c1cccc([N+](=O)[O-])c1)S(C)(=O)=O. The quantitative estimate of drug-likeness (QED) is 0.359. The van der Waals surface area contributed by atoms with Crippen LogP contribution in [-0.4, -0.2) is 54.9 Å². The lowest BCUT2D eigenvalue weighted by molar-refractivity contribution is -0.384. The second kappa shape index (κ2) is 11.7. The molecule has 0 bridgehead atoms. The second-order valence-electron chi connectivity index (χ2n) is 8.11. The van der Waals surface area contributed by atoms with Gasteiger partial charge in [0.15, 0.2) is 0 Å². The monoisotopic (exact) mass is 544 g/mol. The molecule has 1 N–H and O–H groups in total. The van der Waals surface area contributed by atoms with Crippen molar-refractivity contribution in [3.8, 4) is 0 Å². The summed E-state index contributed by atoms with van der Waals surface area (Å²) < 4.78 is 25.8. The van der Waals surface area contributed by atoms with Gasteiger partial charge in [-0.1, -0.05) is 35.3 Å². The van der Waals surface area contributed by atoms with Crippen molar-refractivity contribution < 1.29 is 22.9 Å². The maximum atomic E-state index is 13.5. The van der Waals surface area contributed by atoms with Gasteiger partial charge < -0.3 is 10.2 Å². The van der Waals surface area contributed by atoms with Gasteiger partial charge in [0.1, 0.15) is 12.6 Å². The van der Waals surface area contributed by atoms with Crippen LogP contribution in [0.2, 0.25) is 10.0 Å². The molecule has 0 heterocycles.